The van der Waals surface area contributed by atoms with Crippen LogP contribution in [0.25, 0.3) is 0 Å². The topological polar surface area (TPSA) is 54.9 Å². The molecule has 0 aliphatic rings. The maximum atomic E-state index is 11.9. The Labute approximate surface area is 110 Å². The van der Waals surface area contributed by atoms with Crippen molar-refractivity contribution in [2.45, 2.75) is 13.0 Å². The second-order valence-corrected chi connectivity index (χ2v) is 4.23. The summed E-state index contributed by atoms with van der Waals surface area (Å²) in [5, 5.41) is 3.25. The smallest absolute Gasteiger partial charge is 0.253 e. The third kappa shape index (κ3) is 3.05. The molecule has 18 heavy (non-hydrogen) atoms. The van der Waals surface area contributed by atoms with E-state index in [1.165, 1.54) is 6.20 Å². The van der Waals surface area contributed by atoms with Crippen LogP contribution in [0.3, 0.4) is 0 Å². The fourth-order valence-corrected chi connectivity index (χ4v) is 1.64. The van der Waals surface area contributed by atoms with Crippen molar-refractivity contribution >= 4 is 17.5 Å². The van der Waals surface area contributed by atoms with Gasteiger partial charge in [-0.3, -0.25) is 9.78 Å². The van der Waals surface area contributed by atoms with Gasteiger partial charge >= 0.3 is 0 Å². The van der Waals surface area contributed by atoms with Gasteiger partial charge in [-0.25, -0.2) is 4.98 Å². The molecule has 0 aliphatic carbocycles. The lowest BCUT2D eigenvalue weighted by molar-refractivity contribution is 0.0939. The molecular formula is C13H12ClN3O. The first-order valence-electron chi connectivity index (χ1n) is 5.49. The van der Waals surface area contributed by atoms with Crippen molar-refractivity contribution in [3.05, 3.63) is 59.1 Å². The molecule has 0 aromatic carbocycles. The van der Waals surface area contributed by atoms with Crippen LogP contribution in [0.15, 0.2) is 42.9 Å². The van der Waals surface area contributed by atoms with Crippen LogP contribution in [-0.2, 0) is 0 Å². The number of carbonyl (C=O) groups is 1. The average molecular weight is 262 g/mol. The Kier molecular flexibility index (Phi) is 3.89. The van der Waals surface area contributed by atoms with Crippen LogP contribution in [0.2, 0.25) is 5.15 Å². The fourth-order valence-electron chi connectivity index (χ4n) is 1.53. The van der Waals surface area contributed by atoms with Crippen molar-refractivity contribution in [2.75, 3.05) is 0 Å². The molecule has 0 saturated carbocycles. The standard InChI is InChI=1S/C13H12ClN3O/c1-9(10-4-6-15-7-5-10)17-13(18)11-2-3-12(14)16-8-11/h2-9H,1H3,(H,17,18)/t9-/m1/s1. The maximum absolute atomic E-state index is 11.9. The van der Waals surface area contributed by atoms with E-state index in [2.05, 4.69) is 15.3 Å². The lowest BCUT2D eigenvalue weighted by atomic mass is 10.1. The molecule has 1 N–H and O–H groups in total. The summed E-state index contributed by atoms with van der Waals surface area (Å²) in [5.74, 6) is -0.177. The highest BCUT2D eigenvalue weighted by atomic mass is 35.5. The number of nitrogens with one attached hydrogen (secondary N) is 1. The minimum absolute atomic E-state index is 0.0869. The molecule has 2 aromatic rings. The van der Waals surface area contributed by atoms with Crippen molar-refractivity contribution in [2.24, 2.45) is 0 Å². The minimum atomic E-state index is -0.177. The van der Waals surface area contributed by atoms with Gasteiger partial charge < -0.3 is 5.32 Å². The van der Waals surface area contributed by atoms with Gasteiger partial charge in [0.1, 0.15) is 5.15 Å². The van der Waals surface area contributed by atoms with Crippen molar-refractivity contribution in [1.82, 2.24) is 15.3 Å². The first kappa shape index (κ1) is 12.5. The third-order valence-corrected chi connectivity index (χ3v) is 2.77. The van der Waals surface area contributed by atoms with E-state index < -0.39 is 0 Å². The number of halogens is 1. The summed E-state index contributed by atoms with van der Waals surface area (Å²) >= 11 is 5.67. The third-order valence-electron chi connectivity index (χ3n) is 2.54. The van der Waals surface area contributed by atoms with Gasteiger partial charge in [0.2, 0.25) is 0 Å². The number of amides is 1. The molecule has 2 aromatic heterocycles. The molecule has 0 bridgehead atoms. The van der Waals surface area contributed by atoms with Crippen LogP contribution >= 0.6 is 11.6 Å². The fraction of sp³-hybridized carbons (Fsp3) is 0.154. The quantitative estimate of drug-likeness (QED) is 0.864. The van der Waals surface area contributed by atoms with Gasteiger partial charge in [0, 0.05) is 18.6 Å². The van der Waals surface area contributed by atoms with E-state index in [0.717, 1.165) is 5.56 Å². The highest BCUT2D eigenvalue weighted by molar-refractivity contribution is 6.29. The molecule has 0 spiro atoms. The first-order valence-corrected chi connectivity index (χ1v) is 5.87. The number of aromatic nitrogens is 2. The van der Waals surface area contributed by atoms with Crippen molar-refractivity contribution < 1.29 is 4.79 Å². The highest BCUT2D eigenvalue weighted by Crippen LogP contribution is 2.12. The van der Waals surface area contributed by atoms with Crippen LogP contribution < -0.4 is 5.32 Å². The summed E-state index contributed by atoms with van der Waals surface area (Å²) in [7, 11) is 0. The van der Waals surface area contributed by atoms with Gasteiger partial charge in [-0.2, -0.15) is 0 Å². The number of nitrogens with zero attached hydrogens (tertiary/aromatic N) is 2. The van der Waals surface area contributed by atoms with Gasteiger partial charge in [-0.1, -0.05) is 11.6 Å². The maximum Gasteiger partial charge on any atom is 0.253 e. The van der Waals surface area contributed by atoms with E-state index in [4.69, 9.17) is 11.6 Å². The van der Waals surface area contributed by atoms with E-state index in [0.29, 0.717) is 10.7 Å². The van der Waals surface area contributed by atoms with Crippen molar-refractivity contribution in [3.8, 4) is 0 Å². The molecule has 5 heteroatoms. The van der Waals surface area contributed by atoms with Gasteiger partial charge in [-0.05, 0) is 36.8 Å². The summed E-state index contributed by atoms with van der Waals surface area (Å²) in [5.41, 5.74) is 1.49. The van der Waals surface area contributed by atoms with Crippen LogP contribution in [-0.4, -0.2) is 15.9 Å². The number of hydrogen-bond acceptors (Lipinski definition) is 3. The molecule has 92 valence electrons. The van der Waals surface area contributed by atoms with Crippen LogP contribution in [0.1, 0.15) is 28.9 Å². The van der Waals surface area contributed by atoms with Crippen molar-refractivity contribution in [3.63, 3.8) is 0 Å². The first-order chi connectivity index (χ1) is 8.66. The number of carbonyl (C=O) groups excluding carboxylic acids is 1. The predicted octanol–water partition coefficient (Wildman–Crippen LogP) is 2.62. The summed E-state index contributed by atoms with van der Waals surface area (Å²) in [6.07, 6.45) is 4.85. The molecule has 2 heterocycles. The highest BCUT2D eigenvalue weighted by Gasteiger charge is 2.11. The molecular weight excluding hydrogens is 250 g/mol. The lowest BCUT2D eigenvalue weighted by Gasteiger charge is -2.13. The minimum Gasteiger partial charge on any atom is -0.345 e. The Balaban J connectivity index is 2.06. The predicted molar refractivity (Wildman–Crippen MR) is 69.4 cm³/mol. The molecule has 0 unspecified atom stereocenters. The monoisotopic (exact) mass is 261 g/mol. The summed E-state index contributed by atoms with van der Waals surface area (Å²) in [4.78, 5) is 19.7. The molecule has 1 atom stereocenters. The Morgan fingerprint density at radius 3 is 2.61 bits per heavy atom. The number of pyridine rings is 2. The second kappa shape index (κ2) is 5.60. The van der Waals surface area contributed by atoms with Gasteiger partial charge in [-0.15, -0.1) is 0 Å². The molecule has 0 radical (unpaired) electrons. The molecule has 0 aliphatic heterocycles. The lowest BCUT2D eigenvalue weighted by Crippen LogP contribution is -2.26. The van der Waals surface area contributed by atoms with Crippen LogP contribution in [0.5, 0.6) is 0 Å². The SMILES string of the molecule is C[C@@H](NC(=O)c1ccc(Cl)nc1)c1ccncc1. The van der Waals surface area contributed by atoms with Gasteiger partial charge in [0.05, 0.1) is 11.6 Å². The van der Waals surface area contributed by atoms with Gasteiger partial charge in [0.25, 0.3) is 5.91 Å². The molecule has 4 nitrogen and oxygen atoms in total. The van der Waals surface area contributed by atoms with Crippen molar-refractivity contribution in [1.29, 1.82) is 0 Å². The molecule has 0 saturated heterocycles. The zero-order valence-corrected chi connectivity index (χ0v) is 10.6. The van der Waals surface area contributed by atoms with E-state index in [-0.39, 0.29) is 11.9 Å². The summed E-state index contributed by atoms with van der Waals surface area (Å²) in [6.45, 7) is 1.91. The molecule has 2 rings (SSSR count). The van der Waals surface area contributed by atoms with E-state index >= 15 is 0 Å². The van der Waals surface area contributed by atoms with Crippen LogP contribution in [0, 0.1) is 0 Å². The Bertz CT molecular complexity index is 528. The normalized spacial score (nSPS) is 11.9. The van der Waals surface area contributed by atoms with Crippen LogP contribution in [0.4, 0.5) is 0 Å². The van der Waals surface area contributed by atoms with Gasteiger partial charge in [0.15, 0.2) is 0 Å². The molecule has 1 amide bonds. The average Bonchev–Trinajstić information content (AvgIpc) is 2.40. The zero-order chi connectivity index (χ0) is 13.0. The summed E-state index contributed by atoms with van der Waals surface area (Å²) in [6, 6.07) is 6.88. The molecule has 0 fully saturated rings. The number of rotatable bonds is 3. The number of hydrogen-bond donors (Lipinski definition) is 1. The Morgan fingerprint density at radius 2 is 2.00 bits per heavy atom. The largest absolute Gasteiger partial charge is 0.345 e. The summed E-state index contributed by atoms with van der Waals surface area (Å²) < 4.78 is 0. The Hall–Kier alpha value is -1.94. The van der Waals surface area contributed by atoms with E-state index in [9.17, 15) is 4.79 Å². The van der Waals surface area contributed by atoms with E-state index in [1.54, 1.807) is 24.5 Å². The zero-order valence-electron chi connectivity index (χ0n) is 9.80. The Morgan fingerprint density at radius 1 is 1.28 bits per heavy atom. The van der Waals surface area contributed by atoms with E-state index in [1.807, 2.05) is 19.1 Å². The second-order valence-electron chi connectivity index (χ2n) is 3.85.